The van der Waals surface area contributed by atoms with E-state index in [4.69, 9.17) is 19.4 Å². The lowest BCUT2D eigenvalue weighted by Crippen LogP contribution is -2.47. The lowest BCUT2D eigenvalue weighted by molar-refractivity contribution is -0.192. The van der Waals surface area contributed by atoms with E-state index in [9.17, 15) is 22.8 Å². The summed E-state index contributed by atoms with van der Waals surface area (Å²) in [6.07, 6.45) is -4.79. The molecular formula is C25H30F3N3O6. The molecule has 3 rings (SSSR count). The zero-order valence-electron chi connectivity index (χ0n) is 20.6. The third kappa shape index (κ3) is 9.64. The lowest BCUT2D eigenvalue weighted by Gasteiger charge is -2.29. The Bertz CT molecular complexity index is 1060. The number of aliphatic carboxylic acids is 1. The topological polar surface area (TPSA) is 108 Å². The Balaban J connectivity index is 0.000000604. The van der Waals surface area contributed by atoms with Gasteiger partial charge in [-0.05, 0) is 35.9 Å². The van der Waals surface area contributed by atoms with Crippen molar-refractivity contribution in [3.8, 4) is 11.5 Å². The minimum Gasteiger partial charge on any atom is -0.497 e. The predicted octanol–water partition coefficient (Wildman–Crippen LogP) is 2.80. The monoisotopic (exact) mass is 525 g/mol. The molecule has 202 valence electrons. The maximum atomic E-state index is 13.3. The van der Waals surface area contributed by atoms with E-state index in [0.29, 0.717) is 43.9 Å². The predicted molar refractivity (Wildman–Crippen MR) is 128 cm³/mol. The normalized spacial score (nSPS) is 13.2. The van der Waals surface area contributed by atoms with Gasteiger partial charge < -0.3 is 29.7 Å². The average Bonchev–Trinajstić information content (AvgIpc) is 2.90. The lowest BCUT2D eigenvalue weighted by atomic mass is 10.1. The fourth-order valence-corrected chi connectivity index (χ4v) is 3.49. The molecule has 0 radical (unpaired) electrons. The van der Waals surface area contributed by atoms with Gasteiger partial charge in [-0.3, -0.25) is 9.59 Å². The number of ether oxygens (including phenoxy) is 2. The highest BCUT2D eigenvalue weighted by Gasteiger charge is 2.38. The molecule has 0 aromatic heterocycles. The van der Waals surface area contributed by atoms with Crippen molar-refractivity contribution in [3.63, 3.8) is 0 Å². The van der Waals surface area contributed by atoms with Crippen LogP contribution in [0.2, 0.25) is 0 Å². The molecule has 1 heterocycles. The Morgan fingerprint density at radius 1 is 1.00 bits per heavy atom. The highest BCUT2D eigenvalue weighted by molar-refractivity contribution is 5.95. The van der Waals surface area contributed by atoms with Crippen LogP contribution in [0.1, 0.15) is 22.3 Å². The molecule has 0 spiro atoms. The maximum absolute atomic E-state index is 13.3. The largest absolute Gasteiger partial charge is 0.497 e. The van der Waals surface area contributed by atoms with Gasteiger partial charge in [0.2, 0.25) is 5.91 Å². The number of benzene rings is 2. The molecule has 1 aliphatic heterocycles. The van der Waals surface area contributed by atoms with E-state index in [2.05, 4.69) is 5.32 Å². The van der Waals surface area contributed by atoms with E-state index in [1.54, 1.807) is 43.4 Å². The first-order valence-electron chi connectivity index (χ1n) is 11.4. The molecule has 0 unspecified atom stereocenters. The quantitative estimate of drug-likeness (QED) is 0.546. The van der Waals surface area contributed by atoms with Crippen LogP contribution in [0, 0.1) is 0 Å². The number of halogens is 3. The zero-order valence-corrected chi connectivity index (χ0v) is 20.6. The average molecular weight is 526 g/mol. The summed E-state index contributed by atoms with van der Waals surface area (Å²) in [7, 11) is 3.19. The number of carbonyl (C=O) groups is 3. The van der Waals surface area contributed by atoms with Crippen molar-refractivity contribution in [3.05, 3.63) is 59.7 Å². The zero-order chi connectivity index (χ0) is 27.4. The third-order valence-corrected chi connectivity index (χ3v) is 5.42. The first-order chi connectivity index (χ1) is 17.5. The van der Waals surface area contributed by atoms with E-state index in [0.717, 1.165) is 24.4 Å². The molecule has 0 saturated carbocycles. The van der Waals surface area contributed by atoms with Crippen LogP contribution in [0.15, 0.2) is 48.5 Å². The number of alkyl halides is 3. The molecule has 37 heavy (non-hydrogen) atoms. The van der Waals surface area contributed by atoms with Crippen LogP contribution in [0.5, 0.6) is 11.5 Å². The first-order valence-corrected chi connectivity index (χ1v) is 11.4. The van der Waals surface area contributed by atoms with E-state index < -0.39 is 12.1 Å². The molecule has 0 aliphatic carbocycles. The fourth-order valence-electron chi connectivity index (χ4n) is 3.49. The van der Waals surface area contributed by atoms with E-state index in [1.165, 1.54) is 0 Å². The number of carboxylic acids is 1. The van der Waals surface area contributed by atoms with Crippen LogP contribution in [-0.4, -0.2) is 85.8 Å². The Morgan fingerprint density at radius 2 is 1.57 bits per heavy atom. The van der Waals surface area contributed by atoms with Gasteiger partial charge in [-0.2, -0.15) is 13.2 Å². The minimum atomic E-state index is -5.08. The molecule has 0 bridgehead atoms. The fraction of sp³-hybridized carbons (Fsp3) is 0.400. The summed E-state index contributed by atoms with van der Waals surface area (Å²) in [5.41, 5.74) is 1.48. The maximum Gasteiger partial charge on any atom is 0.490 e. The van der Waals surface area contributed by atoms with Crippen molar-refractivity contribution in [1.82, 2.24) is 15.1 Å². The van der Waals surface area contributed by atoms with Crippen LogP contribution >= 0.6 is 0 Å². The molecule has 1 aliphatic rings. The summed E-state index contributed by atoms with van der Waals surface area (Å²) < 4.78 is 42.3. The highest BCUT2D eigenvalue weighted by atomic mass is 19.4. The Morgan fingerprint density at radius 3 is 2.14 bits per heavy atom. The molecule has 9 nitrogen and oxygen atoms in total. The number of carbonyl (C=O) groups excluding carboxylic acids is 2. The van der Waals surface area contributed by atoms with Crippen molar-refractivity contribution < 1.29 is 42.1 Å². The SMILES string of the molecule is COc1cccc(CN(CCC(=O)N2CCNCC2)C(=O)c2cccc(OC)c2)c1.O=C(O)C(F)(F)F. The molecule has 2 aromatic carbocycles. The standard InChI is InChI=1S/C23H29N3O4.C2HF3O2/c1-29-20-7-3-5-18(15-20)17-26(12-9-22(27)25-13-10-24-11-14-25)23(28)19-6-4-8-21(16-19)30-2;3-2(4,5)1(6)7/h3-8,15-16,24H,9-14,17H2,1-2H3;(H,6,7). The van der Waals surface area contributed by atoms with Crippen LogP contribution in [0.3, 0.4) is 0 Å². The second kappa shape index (κ2) is 14.1. The molecule has 0 atom stereocenters. The Kier molecular flexibility index (Phi) is 11.2. The minimum absolute atomic E-state index is 0.0746. The van der Waals surface area contributed by atoms with Crippen molar-refractivity contribution in [2.24, 2.45) is 0 Å². The number of amides is 2. The molecule has 12 heteroatoms. The molecule has 2 N–H and O–H groups in total. The molecule has 2 aromatic rings. The summed E-state index contributed by atoms with van der Waals surface area (Å²) in [6.45, 7) is 3.76. The third-order valence-electron chi connectivity index (χ3n) is 5.42. The number of nitrogens with zero attached hydrogens (tertiary/aromatic N) is 2. The van der Waals surface area contributed by atoms with Crippen molar-refractivity contribution in [2.45, 2.75) is 19.1 Å². The summed E-state index contributed by atoms with van der Waals surface area (Å²) in [4.78, 5) is 38.4. The number of hydrogen-bond donors (Lipinski definition) is 2. The van der Waals surface area contributed by atoms with Gasteiger partial charge in [0.05, 0.1) is 14.2 Å². The van der Waals surface area contributed by atoms with Crippen molar-refractivity contribution in [2.75, 3.05) is 46.9 Å². The van der Waals surface area contributed by atoms with Crippen molar-refractivity contribution >= 4 is 17.8 Å². The van der Waals surface area contributed by atoms with Crippen LogP contribution in [0.4, 0.5) is 13.2 Å². The number of methoxy groups -OCH3 is 2. The van der Waals surface area contributed by atoms with Gasteiger partial charge in [0.25, 0.3) is 5.91 Å². The van der Waals surface area contributed by atoms with E-state index in [1.807, 2.05) is 29.2 Å². The Labute approximate surface area is 212 Å². The number of rotatable bonds is 8. The summed E-state index contributed by atoms with van der Waals surface area (Å²) in [5.74, 6) is -1.46. The highest BCUT2D eigenvalue weighted by Crippen LogP contribution is 2.19. The molecule has 1 fully saturated rings. The second-order valence-corrected chi connectivity index (χ2v) is 7.99. The molecule has 1 saturated heterocycles. The van der Waals surface area contributed by atoms with Gasteiger partial charge in [0.1, 0.15) is 11.5 Å². The van der Waals surface area contributed by atoms with Gasteiger partial charge >= 0.3 is 12.1 Å². The van der Waals surface area contributed by atoms with Gasteiger partial charge in [0.15, 0.2) is 0 Å². The summed E-state index contributed by atoms with van der Waals surface area (Å²) in [6, 6.07) is 14.7. The first kappa shape index (κ1) is 29.4. The summed E-state index contributed by atoms with van der Waals surface area (Å²) >= 11 is 0. The smallest absolute Gasteiger partial charge is 0.490 e. The van der Waals surface area contributed by atoms with Gasteiger partial charge in [-0.1, -0.05) is 18.2 Å². The molecular weight excluding hydrogens is 495 g/mol. The van der Waals surface area contributed by atoms with Gasteiger partial charge in [0, 0.05) is 51.3 Å². The van der Waals surface area contributed by atoms with Crippen LogP contribution in [0.25, 0.3) is 0 Å². The number of piperazine rings is 1. The number of carboxylic acid groups (broad SMARTS) is 1. The van der Waals surface area contributed by atoms with Gasteiger partial charge in [-0.15, -0.1) is 0 Å². The molecule has 2 amide bonds. The van der Waals surface area contributed by atoms with E-state index >= 15 is 0 Å². The summed E-state index contributed by atoms with van der Waals surface area (Å²) in [5, 5.41) is 10.4. The number of hydrogen-bond acceptors (Lipinski definition) is 6. The van der Waals surface area contributed by atoms with E-state index in [-0.39, 0.29) is 11.8 Å². The Hall–Kier alpha value is -3.80. The van der Waals surface area contributed by atoms with Crippen LogP contribution < -0.4 is 14.8 Å². The second-order valence-electron chi connectivity index (χ2n) is 7.99. The van der Waals surface area contributed by atoms with Crippen molar-refractivity contribution in [1.29, 1.82) is 0 Å². The van der Waals surface area contributed by atoms with Crippen LogP contribution in [-0.2, 0) is 16.1 Å². The number of nitrogens with one attached hydrogen (secondary N) is 1. The van der Waals surface area contributed by atoms with Gasteiger partial charge in [-0.25, -0.2) is 4.79 Å².